The first-order valence-corrected chi connectivity index (χ1v) is 6.66. The standard InChI is InChI=1S/C13H23N3O/c1-2-11(8-9-14)16-13(17)7-6-12-5-3-4-10-15-12/h11-12,15H,2-8,10H2,1H3,(H,16,17). The molecule has 0 radical (unpaired) electrons. The van der Waals surface area contributed by atoms with Crippen molar-refractivity contribution in [2.75, 3.05) is 6.54 Å². The van der Waals surface area contributed by atoms with E-state index in [-0.39, 0.29) is 11.9 Å². The van der Waals surface area contributed by atoms with E-state index in [0.29, 0.717) is 18.9 Å². The van der Waals surface area contributed by atoms with Gasteiger partial charge in [0.05, 0.1) is 12.5 Å². The van der Waals surface area contributed by atoms with Crippen LogP contribution in [0.3, 0.4) is 0 Å². The van der Waals surface area contributed by atoms with Gasteiger partial charge in [0.2, 0.25) is 5.91 Å². The van der Waals surface area contributed by atoms with Crippen LogP contribution in [0.1, 0.15) is 51.9 Å². The average molecular weight is 237 g/mol. The van der Waals surface area contributed by atoms with E-state index in [2.05, 4.69) is 16.7 Å². The Morgan fingerprint density at radius 1 is 1.59 bits per heavy atom. The summed E-state index contributed by atoms with van der Waals surface area (Å²) in [4.78, 5) is 11.7. The molecule has 1 fully saturated rings. The summed E-state index contributed by atoms with van der Waals surface area (Å²) in [5, 5.41) is 15.0. The Morgan fingerprint density at radius 2 is 2.41 bits per heavy atom. The predicted octanol–water partition coefficient (Wildman–Crippen LogP) is 1.72. The quantitative estimate of drug-likeness (QED) is 0.739. The first kappa shape index (κ1) is 14.0. The normalized spacial score (nSPS) is 21.5. The smallest absolute Gasteiger partial charge is 0.220 e. The summed E-state index contributed by atoms with van der Waals surface area (Å²) in [6.45, 7) is 3.07. The van der Waals surface area contributed by atoms with Gasteiger partial charge in [-0.1, -0.05) is 13.3 Å². The summed E-state index contributed by atoms with van der Waals surface area (Å²) in [5.74, 6) is 0.0828. The minimum Gasteiger partial charge on any atom is -0.352 e. The Morgan fingerprint density at radius 3 is 3.00 bits per heavy atom. The number of carbonyl (C=O) groups is 1. The average Bonchev–Trinajstić information content (AvgIpc) is 2.37. The van der Waals surface area contributed by atoms with Crippen molar-refractivity contribution in [2.45, 2.75) is 64.0 Å². The van der Waals surface area contributed by atoms with Gasteiger partial charge in [0.1, 0.15) is 0 Å². The second-order valence-corrected chi connectivity index (χ2v) is 4.72. The summed E-state index contributed by atoms with van der Waals surface area (Å²) >= 11 is 0. The molecule has 0 aromatic rings. The fraction of sp³-hybridized carbons (Fsp3) is 0.846. The zero-order chi connectivity index (χ0) is 12.5. The Bertz CT molecular complexity index is 266. The van der Waals surface area contributed by atoms with Gasteiger partial charge in [0.15, 0.2) is 0 Å². The molecule has 0 spiro atoms. The summed E-state index contributed by atoms with van der Waals surface area (Å²) < 4.78 is 0. The number of nitriles is 1. The predicted molar refractivity (Wildman–Crippen MR) is 67.3 cm³/mol. The third-order valence-corrected chi connectivity index (χ3v) is 3.33. The Kier molecular flexibility index (Phi) is 6.64. The van der Waals surface area contributed by atoms with Crippen LogP contribution in [0.15, 0.2) is 0 Å². The molecule has 4 nitrogen and oxygen atoms in total. The van der Waals surface area contributed by atoms with Crippen LogP contribution in [0.4, 0.5) is 0 Å². The molecule has 0 saturated carbocycles. The molecule has 1 amide bonds. The van der Waals surface area contributed by atoms with Crippen LogP contribution in [0, 0.1) is 11.3 Å². The van der Waals surface area contributed by atoms with Crippen LogP contribution in [0.5, 0.6) is 0 Å². The summed E-state index contributed by atoms with van der Waals surface area (Å²) in [6, 6.07) is 2.63. The number of hydrogen-bond acceptors (Lipinski definition) is 3. The minimum absolute atomic E-state index is 0.0202. The number of nitrogens with one attached hydrogen (secondary N) is 2. The topological polar surface area (TPSA) is 64.9 Å². The molecule has 2 N–H and O–H groups in total. The summed E-state index contributed by atoms with van der Waals surface area (Å²) in [5.41, 5.74) is 0. The van der Waals surface area contributed by atoms with E-state index in [1.807, 2.05) is 6.92 Å². The molecular weight excluding hydrogens is 214 g/mol. The van der Waals surface area contributed by atoms with Gasteiger partial charge in [-0.2, -0.15) is 5.26 Å². The second-order valence-electron chi connectivity index (χ2n) is 4.72. The molecule has 1 aliphatic rings. The Balaban J connectivity index is 2.17. The van der Waals surface area contributed by atoms with Gasteiger partial charge in [-0.3, -0.25) is 4.79 Å². The summed E-state index contributed by atoms with van der Waals surface area (Å²) in [7, 11) is 0. The van der Waals surface area contributed by atoms with E-state index in [9.17, 15) is 4.79 Å². The SMILES string of the molecule is CCC(CC#N)NC(=O)CCC1CCCCN1. The van der Waals surface area contributed by atoms with Crippen molar-refractivity contribution < 1.29 is 4.79 Å². The highest BCUT2D eigenvalue weighted by atomic mass is 16.1. The van der Waals surface area contributed by atoms with Gasteiger partial charge >= 0.3 is 0 Å². The molecule has 2 atom stereocenters. The third kappa shape index (κ3) is 5.69. The maximum absolute atomic E-state index is 11.7. The van der Waals surface area contributed by atoms with Gasteiger partial charge in [-0.05, 0) is 32.2 Å². The van der Waals surface area contributed by atoms with Gasteiger partial charge in [-0.25, -0.2) is 0 Å². The molecule has 0 bridgehead atoms. The molecule has 1 heterocycles. The second kappa shape index (κ2) is 8.08. The van der Waals surface area contributed by atoms with Crippen molar-refractivity contribution in [3.8, 4) is 6.07 Å². The number of nitrogens with zero attached hydrogens (tertiary/aromatic N) is 1. The van der Waals surface area contributed by atoms with E-state index in [1.54, 1.807) is 0 Å². The lowest BCUT2D eigenvalue weighted by Crippen LogP contribution is -2.37. The number of rotatable bonds is 6. The van der Waals surface area contributed by atoms with Crippen LogP contribution in [0.25, 0.3) is 0 Å². The van der Waals surface area contributed by atoms with Crippen molar-refractivity contribution in [1.29, 1.82) is 5.26 Å². The Labute approximate surface area is 104 Å². The first-order valence-electron chi connectivity index (χ1n) is 6.66. The van der Waals surface area contributed by atoms with E-state index in [0.717, 1.165) is 19.4 Å². The maximum atomic E-state index is 11.7. The molecule has 4 heteroatoms. The molecule has 1 saturated heterocycles. The van der Waals surface area contributed by atoms with Gasteiger partial charge in [0.25, 0.3) is 0 Å². The molecule has 17 heavy (non-hydrogen) atoms. The number of amides is 1. The maximum Gasteiger partial charge on any atom is 0.220 e. The molecule has 0 aromatic heterocycles. The lowest BCUT2D eigenvalue weighted by atomic mass is 10.0. The van der Waals surface area contributed by atoms with Gasteiger partial charge in [0, 0.05) is 18.5 Å². The molecule has 1 rings (SSSR count). The van der Waals surface area contributed by atoms with E-state index < -0.39 is 0 Å². The fourth-order valence-corrected chi connectivity index (χ4v) is 2.18. The zero-order valence-electron chi connectivity index (χ0n) is 10.7. The lowest BCUT2D eigenvalue weighted by molar-refractivity contribution is -0.122. The molecule has 1 aliphatic heterocycles. The summed E-state index contributed by atoms with van der Waals surface area (Å²) in [6.07, 6.45) is 6.41. The van der Waals surface area contributed by atoms with Crippen LogP contribution >= 0.6 is 0 Å². The van der Waals surface area contributed by atoms with Gasteiger partial charge < -0.3 is 10.6 Å². The molecular formula is C13H23N3O. The van der Waals surface area contributed by atoms with Crippen molar-refractivity contribution >= 4 is 5.91 Å². The molecule has 0 aromatic carbocycles. The Hall–Kier alpha value is -1.08. The van der Waals surface area contributed by atoms with Crippen LogP contribution < -0.4 is 10.6 Å². The van der Waals surface area contributed by atoms with Crippen molar-refractivity contribution in [2.24, 2.45) is 0 Å². The molecule has 96 valence electrons. The first-order chi connectivity index (χ1) is 8.26. The number of piperidine rings is 1. The lowest BCUT2D eigenvalue weighted by Gasteiger charge is -2.23. The van der Waals surface area contributed by atoms with E-state index in [1.165, 1.54) is 19.3 Å². The highest BCUT2D eigenvalue weighted by Gasteiger charge is 2.15. The highest BCUT2D eigenvalue weighted by molar-refractivity contribution is 5.76. The van der Waals surface area contributed by atoms with E-state index >= 15 is 0 Å². The molecule has 0 aliphatic carbocycles. The van der Waals surface area contributed by atoms with Crippen LogP contribution in [0.2, 0.25) is 0 Å². The van der Waals surface area contributed by atoms with Crippen LogP contribution in [-0.2, 0) is 4.79 Å². The zero-order valence-corrected chi connectivity index (χ0v) is 10.7. The number of hydrogen-bond donors (Lipinski definition) is 2. The monoisotopic (exact) mass is 237 g/mol. The minimum atomic E-state index is 0.0202. The van der Waals surface area contributed by atoms with Crippen molar-refractivity contribution in [3.05, 3.63) is 0 Å². The van der Waals surface area contributed by atoms with Crippen molar-refractivity contribution in [1.82, 2.24) is 10.6 Å². The van der Waals surface area contributed by atoms with Crippen LogP contribution in [-0.4, -0.2) is 24.5 Å². The van der Waals surface area contributed by atoms with Crippen molar-refractivity contribution in [3.63, 3.8) is 0 Å². The third-order valence-electron chi connectivity index (χ3n) is 3.33. The highest BCUT2D eigenvalue weighted by Crippen LogP contribution is 2.11. The van der Waals surface area contributed by atoms with E-state index in [4.69, 9.17) is 5.26 Å². The number of carbonyl (C=O) groups excluding carboxylic acids is 1. The largest absolute Gasteiger partial charge is 0.352 e. The molecule has 2 unspecified atom stereocenters. The van der Waals surface area contributed by atoms with Gasteiger partial charge in [-0.15, -0.1) is 0 Å². The fourth-order valence-electron chi connectivity index (χ4n) is 2.18.